The van der Waals surface area contributed by atoms with Gasteiger partial charge in [-0.05, 0) is 63.2 Å². The molecule has 0 heterocycles. The molecule has 0 saturated heterocycles. The topological polar surface area (TPSA) is 48.0 Å². The van der Waals surface area contributed by atoms with Crippen LogP contribution in [0.2, 0.25) is 0 Å². The summed E-state index contributed by atoms with van der Waals surface area (Å²) < 4.78 is 16.2. The van der Waals surface area contributed by atoms with E-state index in [0.29, 0.717) is 19.0 Å². The van der Waals surface area contributed by atoms with E-state index in [-0.39, 0.29) is 5.97 Å². The van der Waals surface area contributed by atoms with Crippen LogP contribution in [0.15, 0.2) is 24.3 Å². The molecular weight excluding hydrogens is 342 g/mol. The smallest absolute Gasteiger partial charge is 0.330 e. The third-order valence-corrected chi connectivity index (χ3v) is 4.41. The van der Waals surface area contributed by atoms with Crippen molar-refractivity contribution in [3.8, 4) is 11.5 Å². The Morgan fingerprint density at radius 3 is 2.44 bits per heavy atom. The molecule has 0 aliphatic rings. The molecule has 0 atom stereocenters. The third-order valence-electron chi connectivity index (χ3n) is 4.41. The molecule has 1 aromatic rings. The Morgan fingerprint density at radius 1 is 1.04 bits per heavy atom. The van der Waals surface area contributed by atoms with Gasteiger partial charge in [-0.2, -0.15) is 0 Å². The molecule has 0 fully saturated rings. The van der Waals surface area contributed by atoms with E-state index < -0.39 is 0 Å². The molecule has 152 valence electrons. The number of carbonyl (C=O) groups excluding carboxylic acids is 1. The zero-order valence-corrected chi connectivity index (χ0v) is 17.3. The van der Waals surface area contributed by atoms with Crippen LogP contribution >= 0.6 is 0 Å². The van der Waals surface area contributed by atoms with Gasteiger partial charge in [0.2, 0.25) is 0 Å². The predicted molar refractivity (Wildman–Crippen MR) is 110 cm³/mol. The fourth-order valence-corrected chi connectivity index (χ4v) is 2.77. The molecule has 5 heteroatoms. The summed E-state index contributed by atoms with van der Waals surface area (Å²) in [6, 6.07) is 5.64. The van der Waals surface area contributed by atoms with Gasteiger partial charge in [0.25, 0.3) is 0 Å². The van der Waals surface area contributed by atoms with Crippen LogP contribution in [0, 0.1) is 0 Å². The first kappa shape index (κ1) is 23.0. The van der Waals surface area contributed by atoms with E-state index in [0.717, 1.165) is 30.8 Å². The van der Waals surface area contributed by atoms with Crippen molar-refractivity contribution in [2.45, 2.75) is 46.5 Å². The molecule has 0 aromatic heterocycles. The molecule has 0 saturated carbocycles. The van der Waals surface area contributed by atoms with E-state index in [9.17, 15) is 4.79 Å². The second kappa shape index (κ2) is 14.1. The molecular formula is C22H35NO4. The van der Waals surface area contributed by atoms with Crippen molar-refractivity contribution in [1.29, 1.82) is 0 Å². The summed E-state index contributed by atoms with van der Waals surface area (Å²) in [7, 11) is 1.62. The molecule has 0 amide bonds. The lowest BCUT2D eigenvalue weighted by Crippen LogP contribution is -2.23. The van der Waals surface area contributed by atoms with Crippen molar-refractivity contribution < 1.29 is 19.0 Å². The van der Waals surface area contributed by atoms with Crippen LogP contribution in [0.4, 0.5) is 0 Å². The highest BCUT2D eigenvalue weighted by atomic mass is 16.5. The Kier molecular flexibility index (Phi) is 12.0. The number of methoxy groups -OCH3 is 1. The Labute approximate surface area is 164 Å². The van der Waals surface area contributed by atoms with Crippen LogP contribution in [-0.2, 0) is 9.53 Å². The largest absolute Gasteiger partial charge is 0.493 e. The molecule has 0 bridgehead atoms. The number of ether oxygens (including phenoxy) is 3. The van der Waals surface area contributed by atoms with Gasteiger partial charge in [-0.15, -0.1) is 0 Å². The molecule has 27 heavy (non-hydrogen) atoms. The number of rotatable bonds is 14. The molecule has 5 nitrogen and oxygen atoms in total. The number of hydrogen-bond acceptors (Lipinski definition) is 5. The number of hydrogen-bond donors (Lipinski definition) is 0. The Bertz CT molecular complexity index is 567. The van der Waals surface area contributed by atoms with Crippen molar-refractivity contribution in [1.82, 2.24) is 4.90 Å². The van der Waals surface area contributed by atoms with Crippen molar-refractivity contribution >= 4 is 12.0 Å². The molecule has 0 spiro atoms. The molecule has 0 radical (unpaired) electrons. The number of esters is 1. The summed E-state index contributed by atoms with van der Waals surface area (Å²) in [5.74, 6) is 1.05. The van der Waals surface area contributed by atoms with E-state index in [1.165, 1.54) is 31.9 Å². The lowest BCUT2D eigenvalue weighted by molar-refractivity contribution is -0.137. The normalized spacial score (nSPS) is 11.1. The van der Waals surface area contributed by atoms with Crippen molar-refractivity contribution in [2.75, 3.05) is 40.0 Å². The first-order valence-electron chi connectivity index (χ1n) is 10.0. The Morgan fingerprint density at radius 2 is 1.78 bits per heavy atom. The second-order valence-corrected chi connectivity index (χ2v) is 6.29. The highest BCUT2D eigenvalue weighted by Crippen LogP contribution is 2.28. The minimum atomic E-state index is -0.349. The average molecular weight is 378 g/mol. The highest BCUT2D eigenvalue weighted by Gasteiger charge is 2.05. The van der Waals surface area contributed by atoms with Crippen LogP contribution in [-0.4, -0.2) is 50.8 Å². The average Bonchev–Trinajstić information content (AvgIpc) is 2.69. The van der Waals surface area contributed by atoms with Crippen LogP contribution in [0.1, 0.15) is 52.0 Å². The fraction of sp³-hybridized carbons (Fsp3) is 0.591. The summed E-state index contributed by atoms with van der Waals surface area (Å²) >= 11 is 0. The summed E-state index contributed by atoms with van der Waals surface area (Å²) in [5.41, 5.74) is 0.864. The number of nitrogens with zero attached hydrogens (tertiary/aromatic N) is 1. The minimum absolute atomic E-state index is 0.349. The van der Waals surface area contributed by atoms with E-state index >= 15 is 0 Å². The van der Waals surface area contributed by atoms with Crippen LogP contribution in [0.5, 0.6) is 11.5 Å². The van der Waals surface area contributed by atoms with Gasteiger partial charge in [-0.25, -0.2) is 4.79 Å². The van der Waals surface area contributed by atoms with Gasteiger partial charge >= 0.3 is 5.97 Å². The SMILES string of the molecule is CCOC(=O)/C=C/c1ccc(OCCCCCCN(CC)CC)c(OC)c1. The molecule has 0 N–H and O–H groups in total. The first-order valence-corrected chi connectivity index (χ1v) is 10.0. The first-order chi connectivity index (χ1) is 13.1. The zero-order chi connectivity index (χ0) is 19.9. The maximum atomic E-state index is 11.4. The monoisotopic (exact) mass is 377 g/mol. The van der Waals surface area contributed by atoms with Gasteiger partial charge in [-0.3, -0.25) is 0 Å². The second-order valence-electron chi connectivity index (χ2n) is 6.29. The molecule has 0 unspecified atom stereocenters. The van der Waals surface area contributed by atoms with E-state index in [1.807, 2.05) is 18.2 Å². The number of unbranched alkanes of at least 4 members (excludes halogenated alkanes) is 3. The summed E-state index contributed by atoms with van der Waals surface area (Å²) in [6.45, 7) is 10.7. The minimum Gasteiger partial charge on any atom is -0.493 e. The lowest BCUT2D eigenvalue weighted by Gasteiger charge is -2.17. The quantitative estimate of drug-likeness (QED) is 0.270. The van der Waals surface area contributed by atoms with Crippen molar-refractivity contribution in [3.05, 3.63) is 29.8 Å². The van der Waals surface area contributed by atoms with Gasteiger partial charge in [-0.1, -0.05) is 32.8 Å². The predicted octanol–water partition coefficient (Wildman–Crippen LogP) is 4.55. The Balaban J connectivity index is 2.37. The van der Waals surface area contributed by atoms with Crippen molar-refractivity contribution in [3.63, 3.8) is 0 Å². The summed E-state index contributed by atoms with van der Waals surface area (Å²) in [5, 5.41) is 0. The van der Waals surface area contributed by atoms with Crippen LogP contribution in [0.25, 0.3) is 6.08 Å². The fourth-order valence-electron chi connectivity index (χ4n) is 2.77. The van der Waals surface area contributed by atoms with Gasteiger partial charge < -0.3 is 19.1 Å². The molecule has 1 aromatic carbocycles. The maximum Gasteiger partial charge on any atom is 0.330 e. The van der Waals surface area contributed by atoms with E-state index in [1.54, 1.807) is 20.1 Å². The van der Waals surface area contributed by atoms with Crippen LogP contribution < -0.4 is 9.47 Å². The van der Waals surface area contributed by atoms with E-state index in [2.05, 4.69) is 18.7 Å². The van der Waals surface area contributed by atoms with Gasteiger partial charge in [0.05, 0.1) is 20.3 Å². The van der Waals surface area contributed by atoms with Gasteiger partial charge in [0, 0.05) is 6.08 Å². The molecule has 0 aliphatic heterocycles. The van der Waals surface area contributed by atoms with Gasteiger partial charge in [0.1, 0.15) is 0 Å². The molecule has 1 rings (SSSR count). The van der Waals surface area contributed by atoms with Crippen LogP contribution in [0.3, 0.4) is 0 Å². The summed E-state index contributed by atoms with van der Waals surface area (Å²) in [6.07, 6.45) is 7.80. The lowest BCUT2D eigenvalue weighted by atomic mass is 10.2. The Hall–Kier alpha value is -2.01. The third kappa shape index (κ3) is 9.48. The summed E-state index contributed by atoms with van der Waals surface area (Å²) in [4.78, 5) is 13.8. The number of carbonyl (C=O) groups is 1. The highest BCUT2D eigenvalue weighted by molar-refractivity contribution is 5.87. The van der Waals surface area contributed by atoms with E-state index in [4.69, 9.17) is 14.2 Å². The van der Waals surface area contributed by atoms with Gasteiger partial charge in [0.15, 0.2) is 11.5 Å². The standard InChI is InChI=1S/C22H35NO4/c1-5-23(6-2)16-10-8-9-11-17-27-20-14-12-19(18-21(20)25-4)13-15-22(24)26-7-3/h12-15,18H,5-11,16-17H2,1-4H3/b15-13+. The maximum absolute atomic E-state index is 11.4. The zero-order valence-electron chi connectivity index (χ0n) is 17.3. The number of benzene rings is 1. The van der Waals surface area contributed by atoms with Crippen molar-refractivity contribution in [2.24, 2.45) is 0 Å². The molecule has 0 aliphatic carbocycles.